The van der Waals surface area contributed by atoms with Crippen LogP contribution in [0.2, 0.25) is 0 Å². The number of fused-ring (bicyclic) bond motifs is 2. The van der Waals surface area contributed by atoms with Crippen molar-refractivity contribution in [2.45, 2.75) is 52.1 Å². The van der Waals surface area contributed by atoms with Crippen LogP contribution in [-0.2, 0) is 6.42 Å². The second-order valence-corrected chi connectivity index (χ2v) is 7.49. The quantitative estimate of drug-likeness (QED) is 0.865. The summed E-state index contributed by atoms with van der Waals surface area (Å²) in [6, 6.07) is 3.64. The lowest BCUT2D eigenvalue weighted by atomic mass is 9.58. The van der Waals surface area contributed by atoms with Gasteiger partial charge in [0.15, 0.2) is 0 Å². The molecule has 20 heavy (non-hydrogen) atoms. The minimum Gasteiger partial charge on any atom is -0.388 e. The summed E-state index contributed by atoms with van der Waals surface area (Å²) in [4.78, 5) is 0. The highest BCUT2D eigenvalue weighted by molar-refractivity contribution is 5.27. The molecule has 2 saturated carbocycles. The van der Waals surface area contributed by atoms with Crippen molar-refractivity contribution >= 4 is 0 Å². The highest BCUT2D eigenvalue weighted by Gasteiger charge is 2.68. The maximum Gasteiger partial charge on any atom is 0.129 e. The molecule has 0 radical (unpaired) electrons. The van der Waals surface area contributed by atoms with Crippen molar-refractivity contribution in [1.82, 2.24) is 0 Å². The van der Waals surface area contributed by atoms with Crippen LogP contribution in [-0.4, -0.2) is 10.7 Å². The third kappa shape index (κ3) is 1.62. The fourth-order valence-corrected chi connectivity index (χ4v) is 4.73. The van der Waals surface area contributed by atoms with Crippen molar-refractivity contribution in [2.24, 2.45) is 16.7 Å². The average molecular weight is 280 g/mol. The molecule has 1 aromatic carbocycles. The van der Waals surface area contributed by atoms with Gasteiger partial charge in [0.05, 0.1) is 5.60 Å². The van der Waals surface area contributed by atoms with E-state index in [1.54, 1.807) is 0 Å². The van der Waals surface area contributed by atoms with Crippen molar-refractivity contribution < 1.29 is 13.9 Å². The lowest BCUT2D eigenvalue weighted by Crippen LogP contribution is -2.55. The molecule has 1 aromatic rings. The lowest BCUT2D eigenvalue weighted by molar-refractivity contribution is -0.142. The average Bonchev–Trinajstić information content (AvgIpc) is 2.81. The molecule has 0 amide bonds. The van der Waals surface area contributed by atoms with Gasteiger partial charge in [-0.05, 0) is 47.6 Å². The molecule has 3 rings (SSSR count). The molecule has 3 atom stereocenters. The van der Waals surface area contributed by atoms with Crippen molar-refractivity contribution in [3.8, 4) is 0 Å². The molecule has 3 unspecified atom stereocenters. The van der Waals surface area contributed by atoms with Gasteiger partial charge in [-0.15, -0.1) is 0 Å². The fraction of sp³-hybridized carbons (Fsp3) is 0.647. The molecule has 2 fully saturated rings. The summed E-state index contributed by atoms with van der Waals surface area (Å²) in [6.45, 7) is 6.29. The lowest BCUT2D eigenvalue weighted by Gasteiger charge is -2.51. The van der Waals surface area contributed by atoms with E-state index in [2.05, 4.69) is 20.8 Å². The van der Waals surface area contributed by atoms with E-state index in [-0.39, 0.29) is 17.3 Å². The molecule has 3 heteroatoms. The first-order valence-electron chi connectivity index (χ1n) is 7.36. The Kier molecular flexibility index (Phi) is 2.82. The van der Waals surface area contributed by atoms with E-state index in [0.29, 0.717) is 11.5 Å². The molecule has 2 aliphatic carbocycles. The van der Waals surface area contributed by atoms with Crippen LogP contribution in [0.5, 0.6) is 0 Å². The van der Waals surface area contributed by atoms with E-state index in [4.69, 9.17) is 0 Å². The maximum absolute atomic E-state index is 13.9. The summed E-state index contributed by atoms with van der Waals surface area (Å²) in [5, 5.41) is 11.4. The smallest absolute Gasteiger partial charge is 0.129 e. The van der Waals surface area contributed by atoms with Gasteiger partial charge in [0.25, 0.3) is 0 Å². The normalized spacial score (nSPS) is 38.4. The SMILES string of the molecule is CC12CCC(C1)C(C)(C)C2(O)Cc1ccc(F)cc1F. The molecule has 2 aliphatic rings. The van der Waals surface area contributed by atoms with Crippen molar-refractivity contribution in [3.05, 3.63) is 35.4 Å². The summed E-state index contributed by atoms with van der Waals surface area (Å²) in [5.41, 5.74) is -0.916. The van der Waals surface area contributed by atoms with Crippen LogP contribution in [0.15, 0.2) is 18.2 Å². The van der Waals surface area contributed by atoms with Crippen LogP contribution in [0.25, 0.3) is 0 Å². The minimum absolute atomic E-state index is 0.165. The van der Waals surface area contributed by atoms with E-state index < -0.39 is 17.2 Å². The van der Waals surface area contributed by atoms with Gasteiger partial charge in [-0.3, -0.25) is 0 Å². The number of benzene rings is 1. The summed E-state index contributed by atoms with van der Waals surface area (Å²) in [5.74, 6) is -0.640. The van der Waals surface area contributed by atoms with E-state index in [1.165, 1.54) is 12.1 Å². The van der Waals surface area contributed by atoms with Crippen LogP contribution in [0, 0.1) is 28.4 Å². The third-order valence-corrected chi connectivity index (χ3v) is 6.29. The van der Waals surface area contributed by atoms with Crippen LogP contribution < -0.4 is 0 Å². The minimum atomic E-state index is -0.929. The standard InChI is InChI=1S/C17H22F2O/c1-15(2)12-6-7-16(3,10-12)17(15,20)9-11-4-5-13(18)8-14(11)19/h4-5,8,12,20H,6-7,9-10H2,1-3H3. The van der Waals surface area contributed by atoms with Crippen LogP contribution in [0.1, 0.15) is 45.6 Å². The Labute approximate surface area is 119 Å². The Morgan fingerprint density at radius 3 is 2.50 bits per heavy atom. The summed E-state index contributed by atoms with van der Waals surface area (Å²) < 4.78 is 27.0. The number of halogens is 2. The predicted molar refractivity (Wildman–Crippen MR) is 74.2 cm³/mol. The summed E-state index contributed by atoms with van der Waals surface area (Å²) >= 11 is 0. The van der Waals surface area contributed by atoms with Gasteiger partial charge < -0.3 is 5.11 Å². The third-order valence-electron chi connectivity index (χ3n) is 6.29. The molecular weight excluding hydrogens is 258 g/mol. The molecule has 1 nitrogen and oxygen atoms in total. The van der Waals surface area contributed by atoms with E-state index in [9.17, 15) is 13.9 Å². The second kappa shape index (κ2) is 4.03. The molecule has 110 valence electrons. The monoisotopic (exact) mass is 280 g/mol. The Bertz CT molecular complexity index is 547. The predicted octanol–water partition coefficient (Wildman–Crippen LogP) is 4.08. The molecule has 0 aromatic heterocycles. The first-order chi connectivity index (χ1) is 9.20. The van der Waals surface area contributed by atoms with Crippen molar-refractivity contribution in [3.63, 3.8) is 0 Å². The largest absolute Gasteiger partial charge is 0.388 e. The Balaban J connectivity index is 2.00. The number of aliphatic hydroxyl groups is 1. The van der Waals surface area contributed by atoms with Gasteiger partial charge in [0.2, 0.25) is 0 Å². The van der Waals surface area contributed by atoms with Gasteiger partial charge >= 0.3 is 0 Å². The highest BCUT2D eigenvalue weighted by atomic mass is 19.1. The van der Waals surface area contributed by atoms with Crippen LogP contribution >= 0.6 is 0 Å². The van der Waals surface area contributed by atoms with Crippen LogP contribution in [0.4, 0.5) is 8.78 Å². The van der Waals surface area contributed by atoms with Gasteiger partial charge in [-0.25, -0.2) is 8.78 Å². The maximum atomic E-state index is 13.9. The second-order valence-electron chi connectivity index (χ2n) is 7.49. The van der Waals surface area contributed by atoms with E-state index in [0.717, 1.165) is 25.3 Å². The van der Waals surface area contributed by atoms with Gasteiger partial charge in [-0.2, -0.15) is 0 Å². The van der Waals surface area contributed by atoms with Gasteiger partial charge in [-0.1, -0.05) is 26.8 Å². The van der Waals surface area contributed by atoms with Crippen molar-refractivity contribution in [2.75, 3.05) is 0 Å². The Hall–Kier alpha value is -0.960. The Morgan fingerprint density at radius 1 is 1.25 bits per heavy atom. The summed E-state index contributed by atoms with van der Waals surface area (Å²) in [7, 11) is 0. The molecule has 0 spiro atoms. The Morgan fingerprint density at radius 2 is 1.95 bits per heavy atom. The first kappa shape index (κ1) is 14.0. The number of hydrogen-bond donors (Lipinski definition) is 1. The molecule has 0 saturated heterocycles. The molecule has 0 aliphatic heterocycles. The topological polar surface area (TPSA) is 20.2 Å². The summed E-state index contributed by atoms with van der Waals surface area (Å²) in [6.07, 6.45) is 3.39. The highest BCUT2D eigenvalue weighted by Crippen LogP contribution is 2.68. The van der Waals surface area contributed by atoms with Gasteiger partial charge in [0.1, 0.15) is 11.6 Å². The fourth-order valence-electron chi connectivity index (χ4n) is 4.73. The molecule has 1 N–H and O–H groups in total. The molecule has 2 bridgehead atoms. The zero-order valence-corrected chi connectivity index (χ0v) is 12.3. The zero-order chi connectivity index (χ0) is 14.8. The van der Waals surface area contributed by atoms with E-state index in [1.807, 2.05) is 0 Å². The first-order valence-corrected chi connectivity index (χ1v) is 7.36. The number of rotatable bonds is 2. The van der Waals surface area contributed by atoms with E-state index >= 15 is 0 Å². The molecule has 0 heterocycles. The van der Waals surface area contributed by atoms with Crippen LogP contribution in [0.3, 0.4) is 0 Å². The van der Waals surface area contributed by atoms with Crippen molar-refractivity contribution in [1.29, 1.82) is 0 Å². The molecular formula is C17H22F2O. The van der Waals surface area contributed by atoms with Gasteiger partial charge in [0, 0.05) is 12.5 Å². The number of hydrogen-bond acceptors (Lipinski definition) is 1. The zero-order valence-electron chi connectivity index (χ0n) is 12.3.